The first-order valence-electron chi connectivity index (χ1n) is 4.79. The summed E-state index contributed by atoms with van der Waals surface area (Å²) in [5.74, 6) is 2.85. The van der Waals surface area contributed by atoms with Crippen molar-refractivity contribution >= 4 is 27.7 Å². The number of thioether (sulfide) groups is 1. The molecule has 4 heteroatoms. The molecular weight excluding hydrogens is 274 g/mol. The lowest BCUT2D eigenvalue weighted by Crippen LogP contribution is -2.17. The van der Waals surface area contributed by atoms with E-state index < -0.39 is 0 Å². The van der Waals surface area contributed by atoms with Gasteiger partial charge in [0.1, 0.15) is 5.75 Å². The second-order valence-corrected chi connectivity index (χ2v) is 5.35. The van der Waals surface area contributed by atoms with Crippen molar-refractivity contribution in [2.75, 3.05) is 12.9 Å². The number of nitrogens with two attached hydrogens (primary N) is 1. The number of ether oxygens (including phenoxy) is 1. The minimum atomic E-state index is 0.261. The van der Waals surface area contributed by atoms with E-state index in [9.17, 15) is 0 Å². The molecule has 1 unspecified atom stereocenters. The average Bonchev–Trinajstić information content (AvgIpc) is 2.17. The lowest BCUT2D eigenvalue weighted by Gasteiger charge is -2.07. The molecule has 1 aromatic rings. The molecule has 0 aliphatic rings. The van der Waals surface area contributed by atoms with Gasteiger partial charge in [-0.1, -0.05) is 6.07 Å². The summed E-state index contributed by atoms with van der Waals surface area (Å²) in [6.07, 6.45) is 0. The lowest BCUT2D eigenvalue weighted by atomic mass is 10.2. The Kier molecular flexibility index (Phi) is 5.50. The first-order chi connectivity index (χ1) is 7.13. The summed E-state index contributed by atoms with van der Waals surface area (Å²) in [7, 11) is 1.67. The summed E-state index contributed by atoms with van der Waals surface area (Å²) in [6.45, 7) is 2.02. The molecule has 2 N–H and O–H groups in total. The maximum Gasteiger partial charge on any atom is 0.133 e. The van der Waals surface area contributed by atoms with E-state index in [1.807, 2.05) is 24.8 Å². The Morgan fingerprint density at radius 2 is 2.27 bits per heavy atom. The van der Waals surface area contributed by atoms with Gasteiger partial charge in [-0.25, -0.2) is 0 Å². The number of hydrogen-bond donors (Lipinski definition) is 1. The zero-order valence-corrected chi connectivity index (χ0v) is 11.4. The van der Waals surface area contributed by atoms with Crippen LogP contribution in [0.25, 0.3) is 0 Å². The third kappa shape index (κ3) is 4.45. The molecule has 1 atom stereocenters. The van der Waals surface area contributed by atoms with Gasteiger partial charge in [0.2, 0.25) is 0 Å². The van der Waals surface area contributed by atoms with Crippen LogP contribution in [0, 0.1) is 0 Å². The molecule has 0 amide bonds. The van der Waals surface area contributed by atoms with Crippen molar-refractivity contribution in [3.8, 4) is 5.75 Å². The largest absolute Gasteiger partial charge is 0.496 e. The van der Waals surface area contributed by atoms with Crippen molar-refractivity contribution in [1.29, 1.82) is 0 Å². The molecular formula is C11H16BrNOS. The van der Waals surface area contributed by atoms with Gasteiger partial charge in [-0.05, 0) is 40.5 Å². The van der Waals surface area contributed by atoms with Crippen LogP contribution in [0.1, 0.15) is 12.5 Å². The monoisotopic (exact) mass is 289 g/mol. The van der Waals surface area contributed by atoms with Gasteiger partial charge in [0.15, 0.2) is 0 Å². The fourth-order valence-electron chi connectivity index (χ4n) is 1.16. The fourth-order valence-corrected chi connectivity index (χ4v) is 2.66. The van der Waals surface area contributed by atoms with E-state index in [0.29, 0.717) is 0 Å². The van der Waals surface area contributed by atoms with Crippen molar-refractivity contribution < 1.29 is 4.74 Å². The molecule has 1 rings (SSSR count). The Labute approximate surface area is 104 Å². The zero-order chi connectivity index (χ0) is 11.3. The summed E-state index contributed by atoms with van der Waals surface area (Å²) in [4.78, 5) is 0. The topological polar surface area (TPSA) is 35.2 Å². The number of methoxy groups -OCH3 is 1. The van der Waals surface area contributed by atoms with E-state index in [4.69, 9.17) is 10.5 Å². The second kappa shape index (κ2) is 6.40. The molecule has 15 heavy (non-hydrogen) atoms. The molecule has 2 nitrogen and oxygen atoms in total. The van der Waals surface area contributed by atoms with Crippen molar-refractivity contribution in [2.45, 2.75) is 18.7 Å². The van der Waals surface area contributed by atoms with Crippen LogP contribution in [0.4, 0.5) is 0 Å². The zero-order valence-electron chi connectivity index (χ0n) is 9.00. The van der Waals surface area contributed by atoms with Gasteiger partial charge in [0.05, 0.1) is 11.6 Å². The summed E-state index contributed by atoms with van der Waals surface area (Å²) in [5.41, 5.74) is 6.97. The van der Waals surface area contributed by atoms with Gasteiger partial charge in [-0.2, -0.15) is 11.8 Å². The minimum absolute atomic E-state index is 0.261. The lowest BCUT2D eigenvalue weighted by molar-refractivity contribution is 0.412. The van der Waals surface area contributed by atoms with Gasteiger partial charge in [0.25, 0.3) is 0 Å². The van der Waals surface area contributed by atoms with E-state index in [0.717, 1.165) is 21.7 Å². The highest BCUT2D eigenvalue weighted by molar-refractivity contribution is 9.10. The Balaban J connectivity index is 2.52. The highest BCUT2D eigenvalue weighted by atomic mass is 79.9. The van der Waals surface area contributed by atoms with E-state index in [2.05, 4.69) is 28.1 Å². The van der Waals surface area contributed by atoms with Crippen molar-refractivity contribution in [3.05, 3.63) is 28.2 Å². The van der Waals surface area contributed by atoms with E-state index in [1.54, 1.807) is 7.11 Å². The Morgan fingerprint density at radius 3 is 2.80 bits per heavy atom. The summed E-state index contributed by atoms with van der Waals surface area (Å²) in [5, 5.41) is 0. The summed E-state index contributed by atoms with van der Waals surface area (Å²) >= 11 is 5.32. The molecule has 0 fully saturated rings. The predicted octanol–water partition coefficient (Wildman–Crippen LogP) is 3.04. The van der Waals surface area contributed by atoms with E-state index in [1.165, 1.54) is 5.56 Å². The van der Waals surface area contributed by atoms with Crippen LogP contribution in [0.15, 0.2) is 22.7 Å². The Hall–Kier alpha value is -0.190. The maximum atomic E-state index is 5.68. The second-order valence-electron chi connectivity index (χ2n) is 3.46. The third-order valence-corrected chi connectivity index (χ3v) is 3.78. The standard InChI is InChI=1S/C11H16BrNOS/c1-8(13)6-15-7-9-3-4-11(14-2)10(12)5-9/h3-5,8H,6-7,13H2,1-2H3. The molecule has 0 saturated carbocycles. The number of rotatable bonds is 5. The molecule has 0 aliphatic carbocycles. The number of halogens is 1. The Morgan fingerprint density at radius 1 is 1.53 bits per heavy atom. The highest BCUT2D eigenvalue weighted by Crippen LogP contribution is 2.27. The fraction of sp³-hybridized carbons (Fsp3) is 0.455. The predicted molar refractivity (Wildman–Crippen MR) is 70.5 cm³/mol. The first-order valence-corrected chi connectivity index (χ1v) is 6.74. The van der Waals surface area contributed by atoms with Crippen LogP contribution in [0.2, 0.25) is 0 Å². The van der Waals surface area contributed by atoms with Crippen LogP contribution in [0.3, 0.4) is 0 Å². The van der Waals surface area contributed by atoms with E-state index in [-0.39, 0.29) is 6.04 Å². The van der Waals surface area contributed by atoms with E-state index >= 15 is 0 Å². The van der Waals surface area contributed by atoms with Crippen LogP contribution >= 0.6 is 27.7 Å². The normalized spacial score (nSPS) is 12.5. The molecule has 84 valence electrons. The van der Waals surface area contributed by atoms with Crippen LogP contribution < -0.4 is 10.5 Å². The smallest absolute Gasteiger partial charge is 0.133 e. The first kappa shape index (κ1) is 12.9. The molecule has 0 radical (unpaired) electrons. The quantitative estimate of drug-likeness (QED) is 0.905. The van der Waals surface area contributed by atoms with Gasteiger partial charge in [-0.3, -0.25) is 0 Å². The molecule has 0 bridgehead atoms. The molecule has 0 aliphatic heterocycles. The van der Waals surface area contributed by atoms with Gasteiger partial charge in [0, 0.05) is 17.5 Å². The van der Waals surface area contributed by atoms with Crippen molar-refractivity contribution in [3.63, 3.8) is 0 Å². The van der Waals surface area contributed by atoms with Gasteiger partial charge >= 0.3 is 0 Å². The van der Waals surface area contributed by atoms with Crippen LogP contribution in [-0.2, 0) is 5.75 Å². The SMILES string of the molecule is COc1ccc(CSCC(C)N)cc1Br. The summed E-state index contributed by atoms with van der Waals surface area (Å²) in [6, 6.07) is 6.41. The van der Waals surface area contributed by atoms with Crippen LogP contribution in [-0.4, -0.2) is 18.9 Å². The van der Waals surface area contributed by atoms with Gasteiger partial charge < -0.3 is 10.5 Å². The minimum Gasteiger partial charge on any atom is -0.496 e. The molecule has 0 aromatic heterocycles. The van der Waals surface area contributed by atoms with Crippen molar-refractivity contribution in [1.82, 2.24) is 0 Å². The number of benzene rings is 1. The van der Waals surface area contributed by atoms with Crippen molar-refractivity contribution in [2.24, 2.45) is 5.73 Å². The Bertz CT molecular complexity index is 317. The molecule has 0 spiro atoms. The highest BCUT2D eigenvalue weighted by Gasteiger charge is 2.02. The summed E-state index contributed by atoms with van der Waals surface area (Å²) < 4.78 is 6.17. The molecule has 0 saturated heterocycles. The van der Waals surface area contributed by atoms with Crippen LogP contribution in [0.5, 0.6) is 5.75 Å². The maximum absolute atomic E-state index is 5.68. The molecule has 0 heterocycles. The van der Waals surface area contributed by atoms with Gasteiger partial charge in [-0.15, -0.1) is 0 Å². The third-order valence-electron chi connectivity index (χ3n) is 1.87. The average molecular weight is 290 g/mol. The molecule has 1 aromatic carbocycles. The number of hydrogen-bond acceptors (Lipinski definition) is 3.